The summed E-state index contributed by atoms with van der Waals surface area (Å²) in [4.78, 5) is 14.7. The molecule has 4 nitrogen and oxygen atoms in total. The number of amides is 1. The molecule has 0 aromatic heterocycles. The SMILES string of the molecule is COc1ccc(CCC(=O)N[C@@H](C)c2ccc(N3CCCCC3)cc2)cc1. The first-order valence-electron chi connectivity index (χ1n) is 9.93. The van der Waals surface area contributed by atoms with Gasteiger partial charge in [0.25, 0.3) is 0 Å². The Hall–Kier alpha value is -2.49. The van der Waals surface area contributed by atoms with E-state index in [9.17, 15) is 4.79 Å². The van der Waals surface area contributed by atoms with E-state index in [0.717, 1.165) is 36.4 Å². The maximum Gasteiger partial charge on any atom is 0.220 e. The number of hydrogen-bond acceptors (Lipinski definition) is 3. The molecule has 0 radical (unpaired) electrons. The van der Waals surface area contributed by atoms with Crippen LogP contribution in [0.5, 0.6) is 5.75 Å². The van der Waals surface area contributed by atoms with E-state index in [1.165, 1.54) is 24.9 Å². The lowest BCUT2D eigenvalue weighted by Crippen LogP contribution is -2.29. The van der Waals surface area contributed by atoms with Gasteiger partial charge in [-0.1, -0.05) is 24.3 Å². The van der Waals surface area contributed by atoms with Gasteiger partial charge >= 0.3 is 0 Å². The van der Waals surface area contributed by atoms with Crippen LogP contribution in [0, 0.1) is 0 Å². The van der Waals surface area contributed by atoms with Crippen LogP contribution in [0.4, 0.5) is 5.69 Å². The summed E-state index contributed by atoms with van der Waals surface area (Å²) >= 11 is 0. The number of hydrogen-bond donors (Lipinski definition) is 1. The molecule has 1 saturated heterocycles. The number of aryl methyl sites for hydroxylation is 1. The topological polar surface area (TPSA) is 41.6 Å². The Morgan fingerprint density at radius 2 is 1.70 bits per heavy atom. The van der Waals surface area contributed by atoms with Crippen molar-refractivity contribution in [1.29, 1.82) is 0 Å². The molecule has 0 saturated carbocycles. The van der Waals surface area contributed by atoms with Crippen molar-refractivity contribution < 1.29 is 9.53 Å². The third-order valence-corrected chi connectivity index (χ3v) is 5.29. The molecular weight excluding hydrogens is 336 g/mol. The van der Waals surface area contributed by atoms with Crippen LogP contribution in [0.1, 0.15) is 49.8 Å². The molecule has 27 heavy (non-hydrogen) atoms. The lowest BCUT2D eigenvalue weighted by Gasteiger charge is -2.29. The molecule has 1 atom stereocenters. The molecule has 2 aromatic rings. The first kappa shape index (κ1) is 19.3. The Labute approximate surface area is 162 Å². The second-order valence-corrected chi connectivity index (χ2v) is 7.28. The zero-order chi connectivity index (χ0) is 19.1. The zero-order valence-corrected chi connectivity index (χ0v) is 16.4. The highest BCUT2D eigenvalue weighted by Gasteiger charge is 2.13. The fourth-order valence-electron chi connectivity index (χ4n) is 3.57. The number of anilines is 1. The molecule has 2 aromatic carbocycles. The first-order chi connectivity index (χ1) is 13.2. The van der Waals surface area contributed by atoms with E-state index < -0.39 is 0 Å². The Morgan fingerprint density at radius 3 is 2.33 bits per heavy atom. The van der Waals surface area contributed by atoms with E-state index >= 15 is 0 Å². The van der Waals surface area contributed by atoms with E-state index in [0.29, 0.717) is 6.42 Å². The Kier molecular flexibility index (Phi) is 6.74. The summed E-state index contributed by atoms with van der Waals surface area (Å²) in [5, 5.41) is 3.11. The highest BCUT2D eigenvalue weighted by atomic mass is 16.5. The Bertz CT molecular complexity index is 719. The van der Waals surface area contributed by atoms with Gasteiger partial charge in [-0.25, -0.2) is 0 Å². The molecule has 0 spiro atoms. The largest absolute Gasteiger partial charge is 0.497 e. The molecule has 0 bridgehead atoms. The van der Waals surface area contributed by atoms with E-state index in [1.807, 2.05) is 31.2 Å². The zero-order valence-electron chi connectivity index (χ0n) is 16.4. The second kappa shape index (κ2) is 9.45. The van der Waals surface area contributed by atoms with Crippen LogP contribution in [0.15, 0.2) is 48.5 Å². The summed E-state index contributed by atoms with van der Waals surface area (Å²) in [7, 11) is 1.66. The van der Waals surface area contributed by atoms with Gasteiger partial charge in [0.05, 0.1) is 13.2 Å². The van der Waals surface area contributed by atoms with E-state index in [-0.39, 0.29) is 11.9 Å². The van der Waals surface area contributed by atoms with Crippen LogP contribution in [-0.4, -0.2) is 26.1 Å². The van der Waals surface area contributed by atoms with Crippen LogP contribution in [0.2, 0.25) is 0 Å². The van der Waals surface area contributed by atoms with Gasteiger partial charge in [-0.3, -0.25) is 4.79 Å². The number of ether oxygens (including phenoxy) is 1. The average molecular weight is 367 g/mol. The maximum atomic E-state index is 12.3. The van der Waals surface area contributed by atoms with Gasteiger partial charge in [-0.05, 0) is 68.0 Å². The molecular formula is C23H30N2O2. The number of nitrogens with zero attached hydrogens (tertiary/aromatic N) is 1. The molecule has 1 heterocycles. The second-order valence-electron chi connectivity index (χ2n) is 7.28. The number of carbonyl (C=O) groups excluding carboxylic acids is 1. The number of carbonyl (C=O) groups is 1. The van der Waals surface area contributed by atoms with Gasteiger partial charge in [0.1, 0.15) is 5.75 Å². The van der Waals surface area contributed by atoms with Crippen molar-refractivity contribution in [3.63, 3.8) is 0 Å². The molecule has 3 rings (SSSR count). The monoisotopic (exact) mass is 366 g/mol. The molecule has 144 valence electrons. The first-order valence-corrected chi connectivity index (χ1v) is 9.93. The minimum atomic E-state index is 0.0174. The molecule has 4 heteroatoms. The quantitative estimate of drug-likeness (QED) is 0.785. The van der Waals surface area contributed by atoms with Crippen LogP contribution in [-0.2, 0) is 11.2 Å². The molecule has 1 amide bonds. The fourth-order valence-corrected chi connectivity index (χ4v) is 3.57. The lowest BCUT2D eigenvalue weighted by molar-refractivity contribution is -0.121. The van der Waals surface area contributed by atoms with Crippen LogP contribution in [0.3, 0.4) is 0 Å². The van der Waals surface area contributed by atoms with Crippen molar-refractivity contribution in [3.05, 3.63) is 59.7 Å². The lowest BCUT2D eigenvalue weighted by atomic mass is 10.1. The predicted octanol–water partition coefficient (Wildman–Crippen LogP) is 4.50. The number of benzene rings is 2. The highest BCUT2D eigenvalue weighted by molar-refractivity contribution is 5.76. The molecule has 1 N–H and O–H groups in total. The minimum Gasteiger partial charge on any atom is -0.497 e. The van der Waals surface area contributed by atoms with Crippen molar-refractivity contribution in [2.24, 2.45) is 0 Å². The standard InChI is InChI=1S/C23H30N2O2/c1-18(20-9-11-21(12-10-20)25-16-4-3-5-17-25)24-23(26)15-8-19-6-13-22(27-2)14-7-19/h6-7,9-14,18H,3-5,8,15-17H2,1-2H3,(H,24,26)/t18-/m0/s1. The normalized spacial score (nSPS) is 15.3. The molecule has 1 aliphatic heterocycles. The molecule has 0 unspecified atom stereocenters. The van der Waals surface area contributed by atoms with Gasteiger partial charge in [0.2, 0.25) is 5.91 Å². The van der Waals surface area contributed by atoms with Gasteiger partial charge in [-0.15, -0.1) is 0 Å². The van der Waals surface area contributed by atoms with Gasteiger partial charge in [0, 0.05) is 25.2 Å². The van der Waals surface area contributed by atoms with Crippen molar-refractivity contribution in [3.8, 4) is 5.75 Å². The predicted molar refractivity (Wildman–Crippen MR) is 110 cm³/mol. The molecule has 0 aliphatic carbocycles. The van der Waals surface area contributed by atoms with Gasteiger partial charge < -0.3 is 15.0 Å². The summed E-state index contributed by atoms with van der Waals surface area (Å²) in [6, 6.07) is 16.5. The van der Waals surface area contributed by atoms with Crippen molar-refractivity contribution in [2.75, 3.05) is 25.1 Å². The summed E-state index contributed by atoms with van der Waals surface area (Å²) < 4.78 is 5.16. The van der Waals surface area contributed by atoms with E-state index in [2.05, 4.69) is 34.5 Å². The number of methoxy groups -OCH3 is 1. The van der Waals surface area contributed by atoms with Crippen LogP contribution < -0.4 is 15.0 Å². The minimum absolute atomic E-state index is 0.0174. The van der Waals surface area contributed by atoms with Crippen LogP contribution >= 0.6 is 0 Å². The number of nitrogens with one attached hydrogen (secondary N) is 1. The van der Waals surface area contributed by atoms with Crippen LogP contribution in [0.25, 0.3) is 0 Å². The third-order valence-electron chi connectivity index (χ3n) is 5.29. The van der Waals surface area contributed by atoms with Gasteiger partial charge in [0.15, 0.2) is 0 Å². The Balaban J connectivity index is 1.48. The highest BCUT2D eigenvalue weighted by Crippen LogP contribution is 2.22. The van der Waals surface area contributed by atoms with Crippen molar-refractivity contribution in [2.45, 2.75) is 45.1 Å². The number of rotatable bonds is 7. The third kappa shape index (κ3) is 5.49. The summed E-state index contributed by atoms with van der Waals surface area (Å²) in [5.74, 6) is 0.920. The summed E-state index contributed by atoms with van der Waals surface area (Å²) in [6.45, 7) is 4.34. The van der Waals surface area contributed by atoms with Crippen molar-refractivity contribution in [1.82, 2.24) is 5.32 Å². The summed E-state index contributed by atoms with van der Waals surface area (Å²) in [5.41, 5.74) is 3.58. The van der Waals surface area contributed by atoms with Gasteiger partial charge in [-0.2, -0.15) is 0 Å². The van der Waals surface area contributed by atoms with E-state index in [4.69, 9.17) is 4.74 Å². The smallest absolute Gasteiger partial charge is 0.220 e. The molecule has 1 fully saturated rings. The Morgan fingerprint density at radius 1 is 1.04 bits per heavy atom. The fraction of sp³-hybridized carbons (Fsp3) is 0.435. The average Bonchev–Trinajstić information content (AvgIpc) is 2.73. The van der Waals surface area contributed by atoms with Crippen molar-refractivity contribution >= 4 is 11.6 Å². The number of piperidine rings is 1. The maximum absolute atomic E-state index is 12.3. The molecule has 1 aliphatic rings. The summed E-state index contributed by atoms with van der Waals surface area (Å²) in [6.07, 6.45) is 5.12. The van der Waals surface area contributed by atoms with E-state index in [1.54, 1.807) is 7.11 Å².